The third kappa shape index (κ3) is 3.57. The first-order valence-electron chi connectivity index (χ1n) is 11.2. The van der Waals surface area contributed by atoms with E-state index in [0.29, 0.717) is 5.82 Å². The summed E-state index contributed by atoms with van der Waals surface area (Å²) in [5, 5.41) is 4.73. The van der Waals surface area contributed by atoms with Crippen molar-refractivity contribution < 1.29 is 9.47 Å². The average molecular weight is 441 g/mol. The Hall–Kier alpha value is -3.94. The minimum absolute atomic E-state index is 0.142. The highest BCUT2D eigenvalue weighted by Crippen LogP contribution is 2.43. The molecule has 6 rings (SSSR count). The number of pyridine rings is 1. The van der Waals surface area contributed by atoms with Crippen LogP contribution < -0.4 is 9.47 Å². The molecule has 8 nitrogen and oxygen atoms in total. The fraction of sp³-hybridized carbons (Fsp3) is 0.280. The lowest BCUT2D eigenvalue weighted by atomic mass is 9.90. The van der Waals surface area contributed by atoms with E-state index in [2.05, 4.69) is 17.1 Å². The lowest BCUT2D eigenvalue weighted by Crippen LogP contribution is -2.18. The number of hydrogen-bond donors (Lipinski definition) is 0. The summed E-state index contributed by atoms with van der Waals surface area (Å²) in [6.07, 6.45) is 9.75. The molecule has 0 bridgehead atoms. The molecular formula is C25H24N6O2. The molecule has 2 aliphatic heterocycles. The van der Waals surface area contributed by atoms with Gasteiger partial charge < -0.3 is 14.0 Å². The van der Waals surface area contributed by atoms with Crippen molar-refractivity contribution in [3.8, 4) is 17.2 Å². The van der Waals surface area contributed by atoms with Crippen LogP contribution in [0.4, 0.5) is 0 Å². The zero-order valence-corrected chi connectivity index (χ0v) is 18.6. The van der Waals surface area contributed by atoms with Crippen molar-refractivity contribution in [2.45, 2.75) is 39.2 Å². The van der Waals surface area contributed by atoms with Crippen molar-refractivity contribution in [3.63, 3.8) is 0 Å². The number of hydrogen-bond acceptors (Lipinski definition) is 6. The number of fused-ring (bicyclic) bond motifs is 2. The Bertz CT molecular complexity index is 1370. The van der Waals surface area contributed by atoms with Gasteiger partial charge in [0, 0.05) is 24.2 Å². The van der Waals surface area contributed by atoms with Gasteiger partial charge in [-0.25, -0.2) is 14.6 Å². The number of rotatable bonds is 4. The lowest BCUT2D eigenvalue weighted by Gasteiger charge is -2.23. The predicted octanol–water partition coefficient (Wildman–Crippen LogP) is 4.30. The topological polar surface area (TPSA) is 79.9 Å². The van der Waals surface area contributed by atoms with Crippen LogP contribution in [0.25, 0.3) is 17.8 Å². The second kappa shape index (κ2) is 7.88. The minimum atomic E-state index is 0.142. The van der Waals surface area contributed by atoms with Crippen LogP contribution >= 0.6 is 0 Å². The number of ether oxygens (including phenoxy) is 2. The van der Waals surface area contributed by atoms with Crippen molar-refractivity contribution in [3.05, 3.63) is 77.2 Å². The summed E-state index contributed by atoms with van der Waals surface area (Å²) < 4.78 is 15.3. The molecule has 5 heterocycles. The Labute approximate surface area is 191 Å². The first kappa shape index (κ1) is 19.7. The van der Waals surface area contributed by atoms with Gasteiger partial charge in [-0.05, 0) is 57.0 Å². The second-order valence-electron chi connectivity index (χ2n) is 8.42. The molecule has 4 aromatic rings. The average Bonchev–Trinajstić information content (AvgIpc) is 3.56. The van der Waals surface area contributed by atoms with Gasteiger partial charge in [-0.1, -0.05) is 12.1 Å². The van der Waals surface area contributed by atoms with E-state index in [0.717, 1.165) is 65.0 Å². The maximum absolute atomic E-state index is 5.76. The molecule has 1 atom stereocenters. The van der Waals surface area contributed by atoms with Crippen molar-refractivity contribution in [2.24, 2.45) is 0 Å². The van der Waals surface area contributed by atoms with E-state index >= 15 is 0 Å². The van der Waals surface area contributed by atoms with E-state index in [9.17, 15) is 0 Å². The molecule has 33 heavy (non-hydrogen) atoms. The minimum Gasteiger partial charge on any atom is -0.454 e. The van der Waals surface area contributed by atoms with E-state index in [1.54, 1.807) is 0 Å². The zero-order chi connectivity index (χ0) is 22.4. The molecule has 0 radical (unpaired) electrons. The van der Waals surface area contributed by atoms with Gasteiger partial charge >= 0.3 is 0 Å². The summed E-state index contributed by atoms with van der Waals surface area (Å²) in [4.78, 5) is 13.9. The molecule has 2 aliphatic rings. The fourth-order valence-corrected chi connectivity index (χ4v) is 4.61. The zero-order valence-electron chi connectivity index (χ0n) is 18.6. The van der Waals surface area contributed by atoms with Crippen LogP contribution in [0.2, 0.25) is 0 Å². The molecule has 0 spiro atoms. The molecule has 166 valence electrons. The third-order valence-electron chi connectivity index (χ3n) is 6.17. The van der Waals surface area contributed by atoms with Crippen molar-refractivity contribution in [1.82, 2.24) is 29.3 Å². The van der Waals surface area contributed by atoms with Crippen LogP contribution in [0.1, 0.15) is 53.1 Å². The predicted molar refractivity (Wildman–Crippen MR) is 123 cm³/mol. The first-order valence-corrected chi connectivity index (χ1v) is 11.2. The fourth-order valence-electron chi connectivity index (χ4n) is 4.61. The Balaban J connectivity index is 1.27. The summed E-state index contributed by atoms with van der Waals surface area (Å²) in [5.74, 6) is 3.45. The maximum Gasteiger partial charge on any atom is 0.231 e. The SMILES string of the molecule is Cc1cn(-c2ccc(/C=C/c3nc4n(n3)CCC[C@H]4c3cccc4c3OCO4)nc2C)cn1. The van der Waals surface area contributed by atoms with Crippen LogP contribution in [0.3, 0.4) is 0 Å². The monoisotopic (exact) mass is 440 g/mol. The lowest BCUT2D eigenvalue weighted by molar-refractivity contribution is 0.173. The molecule has 0 fully saturated rings. The summed E-state index contributed by atoms with van der Waals surface area (Å²) >= 11 is 0. The van der Waals surface area contributed by atoms with E-state index in [4.69, 9.17) is 24.5 Å². The molecule has 0 saturated carbocycles. The quantitative estimate of drug-likeness (QED) is 0.471. The number of para-hydroxylation sites is 1. The largest absolute Gasteiger partial charge is 0.454 e. The van der Waals surface area contributed by atoms with E-state index < -0.39 is 0 Å². The van der Waals surface area contributed by atoms with E-state index in [-0.39, 0.29) is 12.7 Å². The molecule has 1 aromatic carbocycles. The molecule has 3 aromatic heterocycles. The molecule has 0 saturated heterocycles. The Morgan fingerprint density at radius 3 is 2.85 bits per heavy atom. The van der Waals surface area contributed by atoms with Gasteiger partial charge in [0.25, 0.3) is 0 Å². The summed E-state index contributed by atoms with van der Waals surface area (Å²) in [6, 6.07) is 10.1. The third-order valence-corrected chi connectivity index (χ3v) is 6.17. The Morgan fingerprint density at radius 1 is 1.06 bits per heavy atom. The van der Waals surface area contributed by atoms with Crippen molar-refractivity contribution in [2.75, 3.05) is 6.79 Å². The smallest absolute Gasteiger partial charge is 0.231 e. The van der Waals surface area contributed by atoms with Crippen LogP contribution in [0.15, 0.2) is 42.9 Å². The summed E-state index contributed by atoms with van der Waals surface area (Å²) in [7, 11) is 0. The number of benzene rings is 1. The van der Waals surface area contributed by atoms with Gasteiger partial charge in [0.2, 0.25) is 6.79 Å². The van der Waals surface area contributed by atoms with Gasteiger partial charge in [0.05, 0.1) is 29.1 Å². The standard InChI is InChI=1S/C25H24N6O2/c1-16-13-30(14-26-16)21-10-8-18(27-17(21)2)9-11-23-28-25-20(6-4-12-31(25)29-23)19-5-3-7-22-24(19)33-15-32-22/h3,5,7-11,13-14,20H,4,6,12,15H2,1-2H3/b11-9+/t20-/m0/s1. The van der Waals surface area contributed by atoms with Gasteiger partial charge in [0.1, 0.15) is 5.82 Å². The van der Waals surface area contributed by atoms with Crippen LogP contribution in [0, 0.1) is 13.8 Å². The van der Waals surface area contributed by atoms with Gasteiger partial charge in [0.15, 0.2) is 17.3 Å². The highest BCUT2D eigenvalue weighted by atomic mass is 16.7. The van der Waals surface area contributed by atoms with Crippen LogP contribution in [-0.2, 0) is 6.54 Å². The number of nitrogens with zero attached hydrogens (tertiary/aromatic N) is 6. The summed E-state index contributed by atoms with van der Waals surface area (Å²) in [6.45, 7) is 5.12. The number of aromatic nitrogens is 6. The molecule has 0 amide bonds. The first-order chi connectivity index (χ1) is 16.2. The molecule has 0 aliphatic carbocycles. The number of imidazole rings is 1. The van der Waals surface area contributed by atoms with Crippen molar-refractivity contribution in [1.29, 1.82) is 0 Å². The van der Waals surface area contributed by atoms with Crippen LogP contribution in [-0.4, -0.2) is 36.1 Å². The second-order valence-corrected chi connectivity index (χ2v) is 8.42. The Kier molecular flexibility index (Phi) is 4.71. The molecular weight excluding hydrogens is 416 g/mol. The van der Waals surface area contributed by atoms with Gasteiger partial charge in [-0.3, -0.25) is 4.98 Å². The maximum atomic E-state index is 5.76. The van der Waals surface area contributed by atoms with E-state index in [1.807, 2.05) is 66.0 Å². The summed E-state index contributed by atoms with van der Waals surface area (Å²) in [5.41, 5.74) is 4.92. The number of aryl methyl sites for hydroxylation is 3. The highest BCUT2D eigenvalue weighted by Gasteiger charge is 2.30. The Morgan fingerprint density at radius 2 is 2.00 bits per heavy atom. The molecule has 0 unspecified atom stereocenters. The highest BCUT2D eigenvalue weighted by molar-refractivity contribution is 5.65. The normalized spacial score (nSPS) is 17.0. The van der Waals surface area contributed by atoms with Gasteiger partial charge in [-0.2, -0.15) is 5.10 Å². The van der Waals surface area contributed by atoms with E-state index in [1.165, 1.54) is 0 Å². The van der Waals surface area contributed by atoms with Crippen molar-refractivity contribution >= 4 is 12.2 Å². The van der Waals surface area contributed by atoms with Gasteiger partial charge in [-0.15, -0.1) is 0 Å². The molecule has 8 heteroatoms. The molecule has 0 N–H and O–H groups in total. The van der Waals surface area contributed by atoms with Crippen LogP contribution in [0.5, 0.6) is 11.5 Å².